The number of nitrogens with one attached hydrogen (secondary N) is 1. The number of hydrogen-bond acceptors (Lipinski definition) is 1. The van der Waals surface area contributed by atoms with E-state index in [4.69, 9.17) is 0 Å². The molecule has 1 fully saturated rings. The molecule has 2 aromatic carbocycles. The van der Waals surface area contributed by atoms with Gasteiger partial charge in [-0.25, -0.2) is 0 Å². The van der Waals surface area contributed by atoms with Gasteiger partial charge in [0.1, 0.15) is 18.1 Å². The van der Waals surface area contributed by atoms with Gasteiger partial charge in [-0.2, -0.15) is 13.2 Å². The zero-order chi connectivity index (χ0) is 14.9. The van der Waals surface area contributed by atoms with Gasteiger partial charge in [0.05, 0.1) is 0 Å². The van der Waals surface area contributed by atoms with Crippen LogP contribution in [0.3, 0.4) is 0 Å². The fourth-order valence-corrected chi connectivity index (χ4v) is 5.25. The maximum absolute atomic E-state index is 12.4. The highest BCUT2D eigenvalue weighted by molar-refractivity contribution is 7.97. The van der Waals surface area contributed by atoms with Gasteiger partial charge in [-0.1, -0.05) is 18.2 Å². The first-order valence-electron chi connectivity index (χ1n) is 7.04. The van der Waals surface area contributed by atoms with Crippen LogP contribution in [0.15, 0.2) is 41.3 Å². The van der Waals surface area contributed by atoms with Crippen molar-refractivity contribution in [2.75, 3.05) is 23.4 Å². The van der Waals surface area contributed by atoms with E-state index < -0.39 is 12.7 Å². The van der Waals surface area contributed by atoms with Crippen LogP contribution in [-0.2, 0) is 10.9 Å². The number of hydrogen-bond donors (Lipinski definition) is 1. The highest BCUT2D eigenvalue weighted by Crippen LogP contribution is 2.34. The van der Waals surface area contributed by atoms with Crippen LogP contribution in [0.2, 0.25) is 0 Å². The van der Waals surface area contributed by atoms with Gasteiger partial charge in [0, 0.05) is 27.4 Å². The molecule has 21 heavy (non-hydrogen) atoms. The number of rotatable bonds is 3. The lowest BCUT2D eigenvalue weighted by Crippen LogP contribution is -2.21. The lowest BCUT2D eigenvalue weighted by atomic mass is 10.1. The molecule has 0 bridgehead atoms. The van der Waals surface area contributed by atoms with Crippen molar-refractivity contribution in [2.45, 2.75) is 23.9 Å². The fraction of sp³-hybridized carbons (Fsp3) is 0.375. The van der Waals surface area contributed by atoms with Crippen molar-refractivity contribution in [2.24, 2.45) is 0 Å². The molecule has 1 nitrogen and oxygen atoms in total. The molecule has 1 N–H and O–H groups in total. The molecule has 0 amide bonds. The molecule has 0 aliphatic carbocycles. The molecule has 0 atom stereocenters. The molecule has 0 saturated carbocycles. The summed E-state index contributed by atoms with van der Waals surface area (Å²) in [6.45, 7) is -0.998. The molecule has 1 heterocycles. The normalized spacial score (nSPS) is 16.5. The Kier molecular flexibility index (Phi) is 4.02. The maximum atomic E-state index is 12.4. The van der Waals surface area contributed by atoms with E-state index in [0.717, 1.165) is 10.8 Å². The second kappa shape index (κ2) is 5.79. The van der Waals surface area contributed by atoms with E-state index in [0.29, 0.717) is 5.69 Å². The minimum absolute atomic E-state index is 0.255. The third kappa shape index (κ3) is 3.28. The predicted octanol–water partition coefficient (Wildman–Crippen LogP) is 4.59. The number of alkyl halides is 3. The average molecular weight is 312 g/mol. The van der Waals surface area contributed by atoms with Crippen molar-refractivity contribution in [3.63, 3.8) is 0 Å². The summed E-state index contributed by atoms with van der Waals surface area (Å²) in [7, 11) is 0.255. The highest BCUT2D eigenvalue weighted by Gasteiger charge is 2.30. The van der Waals surface area contributed by atoms with Crippen molar-refractivity contribution < 1.29 is 13.2 Å². The van der Waals surface area contributed by atoms with Crippen molar-refractivity contribution in [1.29, 1.82) is 0 Å². The van der Waals surface area contributed by atoms with Crippen LogP contribution in [0, 0.1) is 0 Å². The van der Waals surface area contributed by atoms with E-state index in [1.807, 2.05) is 30.3 Å². The molecule has 5 heteroatoms. The summed E-state index contributed by atoms with van der Waals surface area (Å²) in [5, 5.41) is 4.50. The molecule has 2 aromatic rings. The summed E-state index contributed by atoms with van der Waals surface area (Å²) in [5.41, 5.74) is 0.564. The van der Waals surface area contributed by atoms with Crippen LogP contribution < -0.4 is 5.32 Å². The molecule has 0 radical (unpaired) electrons. The molecule has 1 saturated heterocycles. The van der Waals surface area contributed by atoms with Crippen LogP contribution in [0.5, 0.6) is 0 Å². The zero-order valence-electron chi connectivity index (χ0n) is 11.5. The number of halogens is 3. The van der Waals surface area contributed by atoms with E-state index in [1.165, 1.54) is 29.2 Å². The molecule has 1 aliphatic rings. The van der Waals surface area contributed by atoms with E-state index >= 15 is 0 Å². The van der Waals surface area contributed by atoms with Crippen molar-refractivity contribution in [3.05, 3.63) is 36.4 Å². The first-order chi connectivity index (χ1) is 10.0. The van der Waals surface area contributed by atoms with Crippen LogP contribution >= 0.6 is 0 Å². The van der Waals surface area contributed by atoms with Crippen molar-refractivity contribution >= 4 is 27.4 Å². The SMILES string of the molecule is FC(F)(F)CNc1ccc([S+]2CCCC2)c2ccccc12. The molecule has 0 unspecified atom stereocenters. The van der Waals surface area contributed by atoms with Crippen molar-refractivity contribution in [3.8, 4) is 0 Å². The summed E-state index contributed by atoms with van der Waals surface area (Å²) in [6, 6.07) is 11.6. The Bertz CT molecular complexity index is 633. The molecule has 3 rings (SSSR count). The van der Waals surface area contributed by atoms with Crippen LogP contribution in [0.25, 0.3) is 10.8 Å². The summed E-state index contributed by atoms with van der Waals surface area (Å²) >= 11 is 0. The fourth-order valence-electron chi connectivity index (χ4n) is 2.75. The Labute approximate surface area is 124 Å². The third-order valence-electron chi connectivity index (χ3n) is 3.71. The minimum atomic E-state index is -4.20. The molecule has 112 valence electrons. The topological polar surface area (TPSA) is 12.0 Å². The van der Waals surface area contributed by atoms with Gasteiger partial charge in [0.15, 0.2) is 4.90 Å². The van der Waals surface area contributed by atoms with Gasteiger partial charge in [0.25, 0.3) is 0 Å². The van der Waals surface area contributed by atoms with Gasteiger partial charge < -0.3 is 5.32 Å². The van der Waals surface area contributed by atoms with Gasteiger partial charge in [-0.05, 0) is 31.0 Å². The summed E-state index contributed by atoms with van der Waals surface area (Å²) < 4.78 is 37.2. The highest BCUT2D eigenvalue weighted by atomic mass is 32.2. The molecular formula is C16H17F3NS+. The second-order valence-electron chi connectivity index (χ2n) is 5.23. The molecule has 0 aromatic heterocycles. The monoisotopic (exact) mass is 312 g/mol. The first kappa shape index (κ1) is 14.6. The van der Waals surface area contributed by atoms with Crippen LogP contribution in [0.1, 0.15) is 12.8 Å². The Morgan fingerprint density at radius 1 is 0.952 bits per heavy atom. The van der Waals surface area contributed by atoms with Gasteiger partial charge in [-0.3, -0.25) is 0 Å². The summed E-state index contributed by atoms with van der Waals surface area (Å²) in [6.07, 6.45) is -1.69. The van der Waals surface area contributed by atoms with Gasteiger partial charge in [-0.15, -0.1) is 0 Å². The second-order valence-corrected chi connectivity index (χ2v) is 7.48. The Hall–Kier alpha value is -1.36. The quantitative estimate of drug-likeness (QED) is 0.818. The lowest BCUT2D eigenvalue weighted by molar-refractivity contribution is -0.115. The zero-order valence-corrected chi connectivity index (χ0v) is 12.4. The Morgan fingerprint density at radius 3 is 2.29 bits per heavy atom. The van der Waals surface area contributed by atoms with E-state index in [1.54, 1.807) is 6.07 Å². The Morgan fingerprint density at radius 2 is 1.62 bits per heavy atom. The first-order valence-corrected chi connectivity index (χ1v) is 8.61. The number of anilines is 1. The van der Waals surface area contributed by atoms with Crippen LogP contribution in [0.4, 0.5) is 18.9 Å². The van der Waals surface area contributed by atoms with Gasteiger partial charge >= 0.3 is 6.18 Å². The van der Waals surface area contributed by atoms with Crippen molar-refractivity contribution in [1.82, 2.24) is 0 Å². The minimum Gasteiger partial charge on any atom is -0.376 e. The summed E-state index contributed by atoms with van der Waals surface area (Å²) in [4.78, 5) is 1.31. The largest absolute Gasteiger partial charge is 0.405 e. The smallest absolute Gasteiger partial charge is 0.376 e. The standard InChI is InChI=1S/C16H17F3NS/c17-16(18,19)11-20-14-7-8-15(21-9-3-4-10-21)13-6-2-1-5-12(13)14/h1-2,5-8,20H,3-4,9-11H2/q+1. The molecule has 1 aliphatic heterocycles. The lowest BCUT2D eigenvalue weighted by Gasteiger charge is -2.13. The summed E-state index contributed by atoms with van der Waals surface area (Å²) in [5.74, 6) is 2.42. The van der Waals surface area contributed by atoms with E-state index in [9.17, 15) is 13.2 Å². The molecular weight excluding hydrogens is 295 g/mol. The van der Waals surface area contributed by atoms with E-state index in [-0.39, 0.29) is 10.9 Å². The van der Waals surface area contributed by atoms with E-state index in [2.05, 4.69) is 5.32 Å². The third-order valence-corrected chi connectivity index (χ3v) is 6.25. The number of benzene rings is 2. The average Bonchev–Trinajstić information content (AvgIpc) is 2.97. The predicted molar refractivity (Wildman–Crippen MR) is 83.1 cm³/mol. The number of fused-ring (bicyclic) bond motifs is 1. The van der Waals surface area contributed by atoms with Crippen LogP contribution in [-0.4, -0.2) is 24.2 Å². The Balaban J connectivity index is 1.98. The molecule has 0 spiro atoms. The van der Waals surface area contributed by atoms with Gasteiger partial charge in [0.2, 0.25) is 0 Å². The maximum Gasteiger partial charge on any atom is 0.405 e.